The molecule has 6 nitrogen and oxygen atoms in total. The normalized spacial score (nSPS) is 11.5. The minimum absolute atomic E-state index is 0.332. The summed E-state index contributed by atoms with van der Waals surface area (Å²) in [6, 6.07) is 11.1. The van der Waals surface area contributed by atoms with Gasteiger partial charge in [-0.15, -0.1) is 0 Å². The molecule has 0 radical (unpaired) electrons. The van der Waals surface area contributed by atoms with Gasteiger partial charge in [0.05, 0.1) is 12.8 Å². The lowest BCUT2D eigenvalue weighted by Gasteiger charge is -2.20. The van der Waals surface area contributed by atoms with Crippen LogP contribution in [0.1, 0.15) is 42.4 Å². The largest absolute Gasteiger partial charge is 0.496 e. The van der Waals surface area contributed by atoms with Gasteiger partial charge >= 0.3 is 0 Å². The summed E-state index contributed by atoms with van der Waals surface area (Å²) in [5, 5.41) is 4.21. The summed E-state index contributed by atoms with van der Waals surface area (Å²) >= 11 is 0. The zero-order valence-electron chi connectivity index (χ0n) is 15.8. The van der Waals surface area contributed by atoms with Crippen LogP contribution in [-0.4, -0.2) is 41.7 Å². The van der Waals surface area contributed by atoms with E-state index >= 15 is 0 Å². The van der Waals surface area contributed by atoms with Crippen molar-refractivity contribution in [2.75, 3.05) is 20.2 Å². The molecular formula is C20H26N4O2. The second kappa shape index (κ2) is 9.68. The van der Waals surface area contributed by atoms with Crippen molar-refractivity contribution < 1.29 is 9.53 Å². The number of benzene rings is 1. The maximum absolute atomic E-state index is 12.1. The number of hydrazone groups is 1. The summed E-state index contributed by atoms with van der Waals surface area (Å²) in [4.78, 5) is 18.4. The third-order valence-corrected chi connectivity index (χ3v) is 4.21. The Morgan fingerprint density at radius 1 is 1.23 bits per heavy atom. The Morgan fingerprint density at radius 3 is 2.62 bits per heavy atom. The lowest BCUT2D eigenvalue weighted by Crippen LogP contribution is -2.23. The molecule has 0 aliphatic heterocycles. The molecule has 0 saturated heterocycles. The van der Waals surface area contributed by atoms with Gasteiger partial charge in [0.25, 0.3) is 5.91 Å². The first kappa shape index (κ1) is 19.6. The first-order valence-corrected chi connectivity index (χ1v) is 8.74. The Hall–Kier alpha value is -2.73. The number of nitrogens with one attached hydrogen (secondary N) is 1. The van der Waals surface area contributed by atoms with Crippen LogP contribution in [-0.2, 0) is 6.54 Å². The summed E-state index contributed by atoms with van der Waals surface area (Å²) in [6.45, 7) is 8.88. The Morgan fingerprint density at radius 2 is 2.00 bits per heavy atom. The number of aromatic nitrogens is 1. The molecule has 26 heavy (non-hydrogen) atoms. The second-order valence-corrected chi connectivity index (χ2v) is 5.84. The van der Waals surface area contributed by atoms with Crippen LogP contribution in [0.2, 0.25) is 0 Å². The summed E-state index contributed by atoms with van der Waals surface area (Å²) in [6.07, 6.45) is 1.58. The number of carbonyl (C=O) groups is 1. The highest BCUT2D eigenvalue weighted by atomic mass is 16.5. The van der Waals surface area contributed by atoms with Crippen LogP contribution in [0.5, 0.6) is 5.75 Å². The fourth-order valence-corrected chi connectivity index (χ4v) is 2.57. The Balaban J connectivity index is 2.17. The van der Waals surface area contributed by atoms with Gasteiger partial charge < -0.3 is 4.74 Å². The lowest BCUT2D eigenvalue weighted by atomic mass is 10.1. The molecule has 1 heterocycles. The number of hydrogen-bond donors (Lipinski definition) is 1. The highest BCUT2D eigenvalue weighted by Crippen LogP contribution is 2.22. The average molecular weight is 354 g/mol. The van der Waals surface area contributed by atoms with Gasteiger partial charge in [-0.1, -0.05) is 19.9 Å². The maximum Gasteiger partial charge on any atom is 0.289 e. The zero-order valence-corrected chi connectivity index (χ0v) is 15.8. The monoisotopic (exact) mass is 354 g/mol. The zero-order chi connectivity index (χ0) is 18.9. The van der Waals surface area contributed by atoms with Gasteiger partial charge in [0.15, 0.2) is 0 Å². The van der Waals surface area contributed by atoms with E-state index in [2.05, 4.69) is 40.3 Å². The second-order valence-electron chi connectivity index (χ2n) is 5.84. The number of carbonyl (C=O) groups excluding carboxylic acids is 1. The third-order valence-electron chi connectivity index (χ3n) is 4.21. The van der Waals surface area contributed by atoms with E-state index in [-0.39, 0.29) is 5.91 Å². The van der Waals surface area contributed by atoms with Gasteiger partial charge in [-0.05, 0) is 55.9 Å². The van der Waals surface area contributed by atoms with Gasteiger partial charge in [0, 0.05) is 18.3 Å². The van der Waals surface area contributed by atoms with Crippen molar-refractivity contribution in [2.45, 2.75) is 27.3 Å². The topological polar surface area (TPSA) is 66.8 Å². The Labute approximate surface area is 154 Å². The molecule has 0 unspecified atom stereocenters. The van der Waals surface area contributed by atoms with E-state index in [0.29, 0.717) is 5.69 Å². The first-order chi connectivity index (χ1) is 12.6. The molecule has 0 fully saturated rings. The van der Waals surface area contributed by atoms with E-state index < -0.39 is 0 Å². The van der Waals surface area contributed by atoms with Crippen LogP contribution in [0.25, 0.3) is 0 Å². The molecule has 0 aliphatic rings. The van der Waals surface area contributed by atoms with E-state index in [1.165, 1.54) is 0 Å². The molecule has 1 N–H and O–H groups in total. The molecule has 1 aromatic heterocycles. The predicted octanol–water partition coefficient (Wildman–Crippen LogP) is 3.09. The van der Waals surface area contributed by atoms with E-state index in [4.69, 9.17) is 4.74 Å². The fourth-order valence-electron chi connectivity index (χ4n) is 2.57. The molecule has 2 rings (SSSR count). The van der Waals surface area contributed by atoms with Crippen molar-refractivity contribution in [1.29, 1.82) is 0 Å². The molecule has 1 aromatic carbocycles. The molecule has 0 saturated carbocycles. The average Bonchev–Trinajstić information content (AvgIpc) is 2.70. The Kier molecular flexibility index (Phi) is 7.29. The van der Waals surface area contributed by atoms with Crippen LogP contribution in [0.15, 0.2) is 47.7 Å². The number of methoxy groups -OCH3 is 1. The van der Waals surface area contributed by atoms with E-state index in [0.717, 1.165) is 42.2 Å². The van der Waals surface area contributed by atoms with E-state index in [1.54, 1.807) is 31.5 Å². The standard InChI is InChI=1S/C20H26N4O2/c1-5-24(6-2)14-17-13-16(10-11-19(17)26-4)15(3)22-23-20(25)18-9-7-8-12-21-18/h7-13H,5-6,14H2,1-4H3,(H,23,25)/b22-15-. The van der Waals surface area contributed by atoms with Crippen molar-refractivity contribution in [3.63, 3.8) is 0 Å². The van der Waals surface area contributed by atoms with Crippen molar-refractivity contribution >= 4 is 11.6 Å². The van der Waals surface area contributed by atoms with E-state index in [1.807, 2.05) is 19.1 Å². The maximum atomic E-state index is 12.1. The van der Waals surface area contributed by atoms with Gasteiger partial charge in [-0.25, -0.2) is 5.43 Å². The van der Waals surface area contributed by atoms with Gasteiger partial charge in [-0.3, -0.25) is 14.7 Å². The smallest absolute Gasteiger partial charge is 0.289 e. The van der Waals surface area contributed by atoms with Crippen LogP contribution in [0.3, 0.4) is 0 Å². The number of amides is 1. The highest BCUT2D eigenvalue weighted by Gasteiger charge is 2.10. The minimum Gasteiger partial charge on any atom is -0.496 e. The molecule has 0 aliphatic carbocycles. The SMILES string of the molecule is CCN(CC)Cc1cc(/C(C)=N\NC(=O)c2ccccn2)ccc1OC. The number of nitrogens with zero attached hydrogens (tertiary/aromatic N) is 3. The van der Waals surface area contributed by atoms with Gasteiger partial charge in [0.1, 0.15) is 11.4 Å². The number of hydrogen-bond acceptors (Lipinski definition) is 5. The van der Waals surface area contributed by atoms with Gasteiger partial charge in [0.2, 0.25) is 0 Å². The lowest BCUT2D eigenvalue weighted by molar-refractivity contribution is 0.0950. The summed E-state index contributed by atoms with van der Waals surface area (Å²) in [5.74, 6) is 0.521. The summed E-state index contributed by atoms with van der Waals surface area (Å²) < 4.78 is 5.48. The minimum atomic E-state index is -0.332. The van der Waals surface area contributed by atoms with Crippen LogP contribution in [0.4, 0.5) is 0 Å². The van der Waals surface area contributed by atoms with Crippen LogP contribution < -0.4 is 10.2 Å². The summed E-state index contributed by atoms with van der Waals surface area (Å²) in [7, 11) is 1.68. The quantitative estimate of drug-likeness (QED) is 0.584. The third kappa shape index (κ3) is 5.13. The summed E-state index contributed by atoms with van der Waals surface area (Å²) in [5.41, 5.74) is 5.64. The molecule has 0 spiro atoms. The van der Waals surface area contributed by atoms with Crippen molar-refractivity contribution in [3.8, 4) is 5.75 Å². The van der Waals surface area contributed by atoms with Crippen LogP contribution >= 0.6 is 0 Å². The molecule has 138 valence electrons. The molecule has 1 amide bonds. The Bertz CT molecular complexity index is 756. The van der Waals surface area contributed by atoms with Gasteiger partial charge in [-0.2, -0.15) is 5.10 Å². The van der Waals surface area contributed by atoms with E-state index in [9.17, 15) is 4.79 Å². The molecule has 0 atom stereocenters. The fraction of sp³-hybridized carbons (Fsp3) is 0.350. The van der Waals surface area contributed by atoms with Crippen molar-refractivity contribution in [3.05, 3.63) is 59.4 Å². The van der Waals surface area contributed by atoms with Crippen LogP contribution in [0, 0.1) is 0 Å². The number of rotatable bonds is 8. The molecule has 6 heteroatoms. The molecule has 2 aromatic rings. The number of pyridine rings is 1. The van der Waals surface area contributed by atoms with Crippen molar-refractivity contribution in [1.82, 2.24) is 15.3 Å². The number of ether oxygens (including phenoxy) is 1. The first-order valence-electron chi connectivity index (χ1n) is 8.74. The predicted molar refractivity (Wildman–Crippen MR) is 104 cm³/mol. The molecule has 0 bridgehead atoms. The highest BCUT2D eigenvalue weighted by molar-refractivity contribution is 6.00. The molecular weight excluding hydrogens is 328 g/mol. The van der Waals surface area contributed by atoms with Crippen molar-refractivity contribution in [2.24, 2.45) is 5.10 Å².